The molecule has 6 heteroatoms. The van der Waals surface area contributed by atoms with Crippen LogP contribution in [0.3, 0.4) is 0 Å². The van der Waals surface area contributed by atoms with Crippen molar-refractivity contribution in [1.29, 1.82) is 0 Å². The van der Waals surface area contributed by atoms with Gasteiger partial charge in [0, 0.05) is 12.6 Å². The average Bonchev–Trinajstić information content (AvgIpc) is 3.51. The molecule has 0 saturated heterocycles. The topological polar surface area (TPSA) is 64.0 Å². The van der Waals surface area contributed by atoms with Crippen molar-refractivity contribution in [2.45, 2.75) is 42.8 Å². The Balaban J connectivity index is 1.76. The van der Waals surface area contributed by atoms with E-state index >= 15 is 0 Å². The third-order valence-corrected chi connectivity index (χ3v) is 5.87. The number of aromatic nitrogens is 2. The number of amides is 1. The molecule has 4 rings (SSSR count). The molecule has 0 bridgehead atoms. The quantitative estimate of drug-likeness (QED) is 0.526. The van der Waals surface area contributed by atoms with E-state index in [0.717, 1.165) is 18.4 Å². The highest BCUT2D eigenvalue weighted by Crippen LogP contribution is 2.35. The predicted molar refractivity (Wildman–Crippen MR) is 108 cm³/mol. The summed E-state index contributed by atoms with van der Waals surface area (Å²) in [6.07, 6.45) is 2.07. The summed E-state index contributed by atoms with van der Waals surface area (Å²) in [5.74, 6) is -0.0289. The number of hydrogen-bond donors (Lipinski definition) is 1. The number of hydrogen-bond acceptors (Lipinski definition) is 4. The molecular weight excluding hydrogens is 358 g/mol. The fraction of sp³-hybridized carbons (Fsp3) is 0.286. The van der Waals surface area contributed by atoms with Crippen LogP contribution >= 0.6 is 11.8 Å². The van der Waals surface area contributed by atoms with Crippen molar-refractivity contribution >= 4 is 28.6 Å². The molecule has 5 nitrogen and oxygen atoms in total. The van der Waals surface area contributed by atoms with Gasteiger partial charge in [-0.3, -0.25) is 14.2 Å². The van der Waals surface area contributed by atoms with Crippen LogP contribution in [0.15, 0.2) is 64.5 Å². The highest BCUT2D eigenvalue weighted by atomic mass is 32.2. The van der Waals surface area contributed by atoms with Crippen LogP contribution in [-0.2, 0) is 11.3 Å². The molecule has 1 aliphatic carbocycles. The molecule has 1 atom stereocenters. The smallest absolute Gasteiger partial charge is 0.262 e. The van der Waals surface area contributed by atoms with Gasteiger partial charge in [0.05, 0.1) is 10.9 Å². The molecule has 1 saturated carbocycles. The monoisotopic (exact) mass is 379 g/mol. The minimum absolute atomic E-state index is 0.0289. The van der Waals surface area contributed by atoms with Crippen LogP contribution in [0.2, 0.25) is 0 Å². The first-order valence-electron chi connectivity index (χ1n) is 9.19. The molecule has 1 amide bonds. The number of nitrogens with zero attached hydrogens (tertiary/aromatic N) is 2. The minimum Gasteiger partial charge on any atom is -0.352 e. The van der Waals surface area contributed by atoms with E-state index < -0.39 is 5.25 Å². The summed E-state index contributed by atoms with van der Waals surface area (Å²) in [6.45, 7) is 2.43. The Morgan fingerprint density at radius 2 is 1.89 bits per heavy atom. The van der Waals surface area contributed by atoms with Crippen molar-refractivity contribution in [3.63, 3.8) is 0 Å². The Morgan fingerprint density at radius 1 is 1.19 bits per heavy atom. The number of carbonyl (C=O) groups excluding carboxylic acids is 1. The normalized spacial score (nSPS) is 14.9. The molecule has 0 radical (unpaired) electrons. The standard InChI is InChI=1S/C21H21N3O2S/c1-2-24-20(26)16-10-6-7-11-17(16)23-21(24)27-18(14-8-4-3-5-9-14)19(25)22-15-12-13-15/h3-11,15,18H,2,12-13H2,1H3,(H,22,25)/t18-/m0/s1. The van der Waals surface area contributed by atoms with E-state index in [-0.39, 0.29) is 17.5 Å². The molecule has 138 valence electrons. The molecule has 1 N–H and O–H groups in total. The van der Waals surface area contributed by atoms with Gasteiger partial charge in [0.1, 0.15) is 5.25 Å². The third kappa shape index (κ3) is 3.76. The van der Waals surface area contributed by atoms with Crippen molar-refractivity contribution < 1.29 is 4.79 Å². The summed E-state index contributed by atoms with van der Waals surface area (Å²) in [6, 6.07) is 17.3. The zero-order valence-corrected chi connectivity index (χ0v) is 15.9. The molecule has 27 heavy (non-hydrogen) atoms. The number of nitrogens with one attached hydrogen (secondary N) is 1. The van der Waals surface area contributed by atoms with E-state index in [1.165, 1.54) is 11.8 Å². The summed E-state index contributed by atoms with van der Waals surface area (Å²) in [5, 5.41) is 3.81. The zero-order valence-electron chi connectivity index (χ0n) is 15.1. The van der Waals surface area contributed by atoms with Crippen molar-refractivity contribution in [3.8, 4) is 0 Å². The summed E-state index contributed by atoms with van der Waals surface area (Å²) in [7, 11) is 0. The third-order valence-electron chi connectivity index (χ3n) is 4.63. The van der Waals surface area contributed by atoms with E-state index in [1.54, 1.807) is 10.6 Å². The van der Waals surface area contributed by atoms with Crippen LogP contribution in [-0.4, -0.2) is 21.5 Å². The second-order valence-electron chi connectivity index (χ2n) is 6.65. The maximum Gasteiger partial charge on any atom is 0.262 e. The predicted octanol–water partition coefficient (Wildman–Crippen LogP) is 3.53. The Morgan fingerprint density at radius 3 is 2.59 bits per heavy atom. The first kappa shape index (κ1) is 17.8. The van der Waals surface area contributed by atoms with Crippen LogP contribution in [0.5, 0.6) is 0 Å². The van der Waals surface area contributed by atoms with E-state index in [2.05, 4.69) is 5.32 Å². The SMILES string of the molecule is CCn1c(S[C@H](C(=O)NC2CC2)c2ccccc2)nc2ccccc2c1=O. The Kier molecular flexibility index (Phi) is 4.99. The van der Waals surface area contributed by atoms with Gasteiger partial charge in [-0.25, -0.2) is 4.98 Å². The molecular formula is C21H21N3O2S. The lowest BCUT2D eigenvalue weighted by Gasteiger charge is -2.19. The lowest BCUT2D eigenvalue weighted by atomic mass is 10.1. The number of carbonyl (C=O) groups is 1. The maximum absolute atomic E-state index is 12.9. The van der Waals surface area contributed by atoms with Gasteiger partial charge in [-0.15, -0.1) is 0 Å². The first-order chi connectivity index (χ1) is 13.2. The Labute approximate surface area is 161 Å². The van der Waals surface area contributed by atoms with Crippen LogP contribution in [0.1, 0.15) is 30.6 Å². The minimum atomic E-state index is -0.447. The Bertz CT molecular complexity index is 1030. The highest BCUT2D eigenvalue weighted by Gasteiger charge is 2.30. The lowest BCUT2D eigenvalue weighted by molar-refractivity contribution is -0.120. The van der Waals surface area contributed by atoms with Crippen molar-refractivity contribution in [2.75, 3.05) is 0 Å². The van der Waals surface area contributed by atoms with Gasteiger partial charge >= 0.3 is 0 Å². The van der Waals surface area contributed by atoms with E-state index in [0.29, 0.717) is 22.6 Å². The molecule has 1 aromatic heterocycles. The van der Waals surface area contributed by atoms with Crippen molar-refractivity contribution in [3.05, 3.63) is 70.5 Å². The van der Waals surface area contributed by atoms with Gasteiger partial charge in [0.15, 0.2) is 5.16 Å². The second-order valence-corrected chi connectivity index (χ2v) is 7.72. The number of para-hydroxylation sites is 1. The van der Waals surface area contributed by atoms with E-state index in [1.807, 2.05) is 55.5 Å². The fourth-order valence-electron chi connectivity index (χ4n) is 3.03. The van der Waals surface area contributed by atoms with Crippen LogP contribution in [0.4, 0.5) is 0 Å². The van der Waals surface area contributed by atoms with Gasteiger partial charge in [-0.1, -0.05) is 54.2 Å². The molecule has 3 aromatic rings. The number of thioether (sulfide) groups is 1. The highest BCUT2D eigenvalue weighted by molar-refractivity contribution is 8.00. The number of fused-ring (bicyclic) bond motifs is 1. The first-order valence-corrected chi connectivity index (χ1v) is 10.1. The van der Waals surface area contributed by atoms with E-state index in [4.69, 9.17) is 4.98 Å². The van der Waals surface area contributed by atoms with Gasteiger partial charge in [-0.05, 0) is 37.5 Å². The van der Waals surface area contributed by atoms with Gasteiger partial charge in [-0.2, -0.15) is 0 Å². The van der Waals surface area contributed by atoms with Crippen LogP contribution in [0, 0.1) is 0 Å². The van der Waals surface area contributed by atoms with Crippen LogP contribution < -0.4 is 10.9 Å². The fourth-order valence-corrected chi connectivity index (χ4v) is 4.20. The number of rotatable bonds is 6. The van der Waals surface area contributed by atoms with Gasteiger partial charge in [0.2, 0.25) is 5.91 Å². The number of benzene rings is 2. The largest absolute Gasteiger partial charge is 0.352 e. The maximum atomic E-state index is 12.9. The lowest BCUT2D eigenvalue weighted by Crippen LogP contribution is -2.30. The van der Waals surface area contributed by atoms with E-state index in [9.17, 15) is 9.59 Å². The average molecular weight is 379 g/mol. The molecule has 1 aliphatic rings. The second kappa shape index (κ2) is 7.56. The van der Waals surface area contributed by atoms with Gasteiger partial charge in [0.25, 0.3) is 5.56 Å². The summed E-state index contributed by atoms with van der Waals surface area (Å²) >= 11 is 1.34. The summed E-state index contributed by atoms with van der Waals surface area (Å²) < 4.78 is 1.65. The Hall–Kier alpha value is -2.60. The summed E-state index contributed by atoms with van der Waals surface area (Å²) in [5.41, 5.74) is 1.50. The molecule has 1 fully saturated rings. The molecule has 0 spiro atoms. The van der Waals surface area contributed by atoms with Crippen molar-refractivity contribution in [2.24, 2.45) is 0 Å². The molecule has 2 aromatic carbocycles. The van der Waals surface area contributed by atoms with Crippen molar-refractivity contribution in [1.82, 2.24) is 14.9 Å². The van der Waals surface area contributed by atoms with Gasteiger partial charge < -0.3 is 5.32 Å². The molecule has 0 aliphatic heterocycles. The molecule has 0 unspecified atom stereocenters. The molecule has 1 heterocycles. The summed E-state index contributed by atoms with van der Waals surface area (Å²) in [4.78, 5) is 30.5. The zero-order chi connectivity index (χ0) is 18.8. The van der Waals surface area contributed by atoms with Crippen LogP contribution in [0.25, 0.3) is 10.9 Å².